The third-order valence-electron chi connectivity index (χ3n) is 3.30. The van der Waals surface area contributed by atoms with Crippen LogP contribution in [0.1, 0.15) is 28.8 Å². The van der Waals surface area contributed by atoms with E-state index >= 15 is 0 Å². The summed E-state index contributed by atoms with van der Waals surface area (Å²) in [6, 6.07) is 2.21. The lowest BCUT2D eigenvalue weighted by Crippen LogP contribution is -2.35. The summed E-state index contributed by atoms with van der Waals surface area (Å²) in [7, 11) is 1.77. The Morgan fingerprint density at radius 2 is 2.25 bits per heavy atom. The predicted octanol–water partition coefficient (Wildman–Crippen LogP) is 1.41. The fraction of sp³-hybridized carbons (Fsp3) is 0.462. The van der Waals surface area contributed by atoms with Crippen LogP contribution < -0.4 is 5.32 Å². The van der Waals surface area contributed by atoms with Crippen molar-refractivity contribution < 1.29 is 14.7 Å². The largest absolute Gasteiger partial charge is 0.481 e. The highest BCUT2D eigenvalue weighted by Crippen LogP contribution is 2.36. The molecule has 1 aromatic heterocycles. The van der Waals surface area contributed by atoms with Gasteiger partial charge < -0.3 is 15.3 Å². The van der Waals surface area contributed by atoms with Crippen LogP contribution in [0.2, 0.25) is 0 Å². The van der Waals surface area contributed by atoms with Gasteiger partial charge in [0.2, 0.25) is 5.91 Å². The van der Waals surface area contributed by atoms with Crippen molar-refractivity contribution in [3.05, 3.63) is 16.0 Å². The molecule has 0 saturated carbocycles. The van der Waals surface area contributed by atoms with E-state index < -0.39 is 5.97 Å². The third kappa shape index (κ3) is 2.75. The Hall–Kier alpha value is -2.07. The smallest absolute Gasteiger partial charge is 0.303 e. The second kappa shape index (κ2) is 5.92. The summed E-state index contributed by atoms with van der Waals surface area (Å²) in [5, 5.41) is 21.6. The average Bonchev–Trinajstić information content (AvgIpc) is 2.81. The van der Waals surface area contributed by atoms with Gasteiger partial charge in [-0.25, -0.2) is 0 Å². The van der Waals surface area contributed by atoms with E-state index in [0.717, 1.165) is 15.4 Å². The number of carboxylic acids is 1. The van der Waals surface area contributed by atoms with Crippen LogP contribution in [0.5, 0.6) is 0 Å². The van der Waals surface area contributed by atoms with E-state index in [4.69, 9.17) is 5.11 Å². The van der Waals surface area contributed by atoms with E-state index in [2.05, 4.69) is 11.4 Å². The van der Waals surface area contributed by atoms with Crippen molar-refractivity contribution in [2.24, 2.45) is 0 Å². The first-order valence-electron chi connectivity index (χ1n) is 6.28. The molecule has 0 unspecified atom stereocenters. The number of nitriles is 1. The molecule has 1 aliphatic heterocycles. The van der Waals surface area contributed by atoms with Gasteiger partial charge in [0, 0.05) is 24.9 Å². The monoisotopic (exact) mass is 293 g/mol. The number of carbonyl (C=O) groups excluding carboxylic acids is 1. The molecule has 0 radical (unpaired) electrons. The van der Waals surface area contributed by atoms with E-state index in [1.807, 2.05) is 0 Å². The molecule has 0 aromatic carbocycles. The number of anilines is 1. The molecule has 1 amide bonds. The van der Waals surface area contributed by atoms with Crippen molar-refractivity contribution >= 4 is 28.2 Å². The van der Waals surface area contributed by atoms with E-state index in [0.29, 0.717) is 25.1 Å². The summed E-state index contributed by atoms with van der Waals surface area (Å²) in [6.45, 7) is 1.01. The Balaban J connectivity index is 2.12. The Labute approximate surface area is 120 Å². The third-order valence-corrected chi connectivity index (χ3v) is 4.54. The van der Waals surface area contributed by atoms with Gasteiger partial charge in [0.25, 0.3) is 0 Å². The normalized spacial score (nSPS) is 13.5. The lowest BCUT2D eigenvalue weighted by atomic mass is 10.0. The van der Waals surface area contributed by atoms with Crippen molar-refractivity contribution in [3.8, 4) is 6.07 Å². The number of thiophene rings is 1. The molecule has 0 spiro atoms. The number of carboxylic acid groups (broad SMARTS) is 1. The number of rotatable bonds is 4. The number of aliphatic carboxylic acids is 1. The van der Waals surface area contributed by atoms with Crippen LogP contribution in [0.3, 0.4) is 0 Å². The topological polar surface area (TPSA) is 93.4 Å². The first-order valence-corrected chi connectivity index (χ1v) is 7.10. The maximum absolute atomic E-state index is 11.9. The van der Waals surface area contributed by atoms with Gasteiger partial charge in [-0.3, -0.25) is 9.59 Å². The molecular formula is C13H15N3O3S. The average molecular weight is 293 g/mol. The van der Waals surface area contributed by atoms with Crippen molar-refractivity contribution in [1.82, 2.24) is 4.90 Å². The number of nitrogens with zero attached hydrogens (tertiary/aromatic N) is 2. The Morgan fingerprint density at radius 3 is 2.85 bits per heavy atom. The maximum atomic E-state index is 11.9. The lowest BCUT2D eigenvalue weighted by Gasteiger charge is -2.26. The molecule has 2 heterocycles. The SMILES string of the molecule is CNc1sc2c(c1C#N)CCN(C(=O)CCC(=O)O)C2. The van der Waals surface area contributed by atoms with Gasteiger partial charge in [0.05, 0.1) is 18.5 Å². The number of nitrogens with one attached hydrogen (secondary N) is 1. The first-order chi connectivity index (χ1) is 9.56. The van der Waals surface area contributed by atoms with Gasteiger partial charge in [-0.1, -0.05) is 0 Å². The molecule has 0 atom stereocenters. The number of amides is 1. The molecule has 1 aromatic rings. The Bertz CT molecular complexity index is 588. The second-order valence-electron chi connectivity index (χ2n) is 4.53. The first kappa shape index (κ1) is 14.3. The predicted molar refractivity (Wildman–Crippen MR) is 74.6 cm³/mol. The van der Waals surface area contributed by atoms with Crippen LogP contribution in [0.25, 0.3) is 0 Å². The molecule has 0 fully saturated rings. The fourth-order valence-corrected chi connectivity index (χ4v) is 3.45. The molecule has 2 N–H and O–H groups in total. The summed E-state index contributed by atoms with van der Waals surface area (Å²) < 4.78 is 0. The highest BCUT2D eigenvalue weighted by molar-refractivity contribution is 7.16. The quantitative estimate of drug-likeness (QED) is 0.875. The Kier molecular flexibility index (Phi) is 4.25. The molecule has 106 valence electrons. The molecule has 2 rings (SSSR count). The fourth-order valence-electron chi connectivity index (χ4n) is 2.28. The zero-order valence-corrected chi connectivity index (χ0v) is 11.9. The summed E-state index contributed by atoms with van der Waals surface area (Å²) in [5.74, 6) is -1.10. The molecule has 0 bridgehead atoms. The van der Waals surface area contributed by atoms with E-state index in [1.165, 1.54) is 11.3 Å². The van der Waals surface area contributed by atoms with Crippen LogP contribution in [-0.2, 0) is 22.6 Å². The lowest BCUT2D eigenvalue weighted by molar-refractivity contribution is -0.141. The maximum Gasteiger partial charge on any atom is 0.303 e. The van der Waals surface area contributed by atoms with Gasteiger partial charge in [-0.05, 0) is 12.0 Å². The van der Waals surface area contributed by atoms with Crippen LogP contribution >= 0.6 is 11.3 Å². The molecule has 0 aliphatic carbocycles. The number of hydrogen-bond donors (Lipinski definition) is 2. The van der Waals surface area contributed by atoms with E-state index in [1.54, 1.807) is 11.9 Å². The molecule has 6 nitrogen and oxygen atoms in total. The molecule has 1 aliphatic rings. The minimum Gasteiger partial charge on any atom is -0.481 e. The van der Waals surface area contributed by atoms with Gasteiger partial charge in [-0.2, -0.15) is 5.26 Å². The van der Waals surface area contributed by atoms with Gasteiger partial charge in [-0.15, -0.1) is 11.3 Å². The van der Waals surface area contributed by atoms with Crippen molar-refractivity contribution in [2.75, 3.05) is 18.9 Å². The molecule has 7 heteroatoms. The van der Waals surface area contributed by atoms with Crippen molar-refractivity contribution in [3.63, 3.8) is 0 Å². The zero-order valence-electron chi connectivity index (χ0n) is 11.1. The standard InChI is InChI=1S/C13H15N3O3S/c1-15-13-9(6-14)8-4-5-16(7-10(8)20-13)11(17)2-3-12(18)19/h15H,2-5,7H2,1H3,(H,18,19). The van der Waals surface area contributed by atoms with Gasteiger partial charge >= 0.3 is 5.97 Å². The van der Waals surface area contributed by atoms with Gasteiger partial charge in [0.1, 0.15) is 11.1 Å². The minimum atomic E-state index is -0.962. The van der Waals surface area contributed by atoms with Crippen molar-refractivity contribution in [1.29, 1.82) is 5.26 Å². The summed E-state index contributed by atoms with van der Waals surface area (Å²) in [5.41, 5.74) is 1.69. The zero-order chi connectivity index (χ0) is 14.7. The minimum absolute atomic E-state index is 0.0278. The number of hydrogen-bond acceptors (Lipinski definition) is 5. The van der Waals surface area contributed by atoms with E-state index in [9.17, 15) is 14.9 Å². The molecule has 20 heavy (non-hydrogen) atoms. The Morgan fingerprint density at radius 1 is 1.50 bits per heavy atom. The van der Waals surface area contributed by atoms with Crippen molar-refractivity contribution in [2.45, 2.75) is 25.8 Å². The highest BCUT2D eigenvalue weighted by atomic mass is 32.1. The number of carbonyl (C=O) groups is 2. The molecular weight excluding hydrogens is 278 g/mol. The van der Waals surface area contributed by atoms with E-state index in [-0.39, 0.29) is 18.7 Å². The number of fused-ring (bicyclic) bond motifs is 1. The molecule has 0 saturated heterocycles. The second-order valence-corrected chi connectivity index (χ2v) is 5.63. The van der Waals surface area contributed by atoms with Crippen LogP contribution in [0, 0.1) is 11.3 Å². The summed E-state index contributed by atoms with van der Waals surface area (Å²) >= 11 is 1.49. The summed E-state index contributed by atoms with van der Waals surface area (Å²) in [4.78, 5) is 25.1. The van der Waals surface area contributed by atoms with Crippen LogP contribution in [0.4, 0.5) is 5.00 Å². The summed E-state index contributed by atoms with van der Waals surface area (Å²) in [6.07, 6.45) is 0.535. The van der Waals surface area contributed by atoms with Gasteiger partial charge in [0.15, 0.2) is 0 Å². The van der Waals surface area contributed by atoms with Crippen LogP contribution in [-0.4, -0.2) is 35.5 Å². The highest BCUT2D eigenvalue weighted by Gasteiger charge is 2.26. The van der Waals surface area contributed by atoms with Crippen LogP contribution in [0.15, 0.2) is 0 Å².